The standard InChI is InChI=1S/C13H27N3O2/c1-3-18-12-11-16-9-7-15(8-10-16)6-4-5-13(17)14-2/h3-12H2,1-2H3,(H,14,17). The maximum Gasteiger partial charge on any atom is 0.219 e. The molecular formula is C13H27N3O2. The molecule has 1 aliphatic heterocycles. The molecule has 1 aliphatic rings. The van der Waals surface area contributed by atoms with Crippen LogP contribution < -0.4 is 5.32 Å². The van der Waals surface area contributed by atoms with Crippen LogP contribution in [0.2, 0.25) is 0 Å². The van der Waals surface area contributed by atoms with Crippen molar-refractivity contribution in [3.63, 3.8) is 0 Å². The van der Waals surface area contributed by atoms with Gasteiger partial charge < -0.3 is 15.0 Å². The van der Waals surface area contributed by atoms with Crippen molar-refractivity contribution in [2.24, 2.45) is 0 Å². The summed E-state index contributed by atoms with van der Waals surface area (Å²) in [5.74, 6) is 0.144. The molecule has 0 spiro atoms. The second-order valence-electron chi connectivity index (χ2n) is 4.66. The lowest BCUT2D eigenvalue weighted by molar-refractivity contribution is -0.120. The maximum atomic E-state index is 11.1. The summed E-state index contributed by atoms with van der Waals surface area (Å²) in [7, 11) is 1.69. The molecule has 1 fully saturated rings. The normalized spacial score (nSPS) is 17.9. The molecule has 106 valence electrons. The average Bonchev–Trinajstić information content (AvgIpc) is 2.40. The van der Waals surface area contributed by atoms with Crippen LogP contribution in [0.3, 0.4) is 0 Å². The summed E-state index contributed by atoms with van der Waals surface area (Å²) in [6.45, 7) is 10.2. The first kappa shape index (κ1) is 15.4. The Bertz CT molecular complexity index is 228. The first-order valence-electron chi connectivity index (χ1n) is 6.99. The van der Waals surface area contributed by atoms with E-state index in [1.165, 1.54) is 0 Å². The number of carbonyl (C=O) groups excluding carboxylic acids is 1. The molecule has 0 radical (unpaired) electrons. The van der Waals surface area contributed by atoms with E-state index in [2.05, 4.69) is 15.1 Å². The number of piperazine rings is 1. The van der Waals surface area contributed by atoms with E-state index in [1.807, 2.05) is 6.92 Å². The van der Waals surface area contributed by atoms with Crippen molar-refractivity contribution >= 4 is 5.91 Å². The highest BCUT2D eigenvalue weighted by molar-refractivity contribution is 5.75. The Balaban J connectivity index is 2.02. The van der Waals surface area contributed by atoms with E-state index in [4.69, 9.17) is 4.74 Å². The monoisotopic (exact) mass is 257 g/mol. The molecular weight excluding hydrogens is 230 g/mol. The largest absolute Gasteiger partial charge is 0.380 e. The van der Waals surface area contributed by atoms with E-state index >= 15 is 0 Å². The molecule has 0 atom stereocenters. The van der Waals surface area contributed by atoms with Crippen LogP contribution in [-0.4, -0.2) is 75.2 Å². The number of nitrogens with one attached hydrogen (secondary N) is 1. The van der Waals surface area contributed by atoms with Crippen molar-refractivity contribution in [1.29, 1.82) is 0 Å². The molecule has 0 saturated carbocycles. The number of nitrogens with zero attached hydrogens (tertiary/aromatic N) is 2. The van der Waals surface area contributed by atoms with Gasteiger partial charge in [-0.15, -0.1) is 0 Å². The minimum Gasteiger partial charge on any atom is -0.380 e. The molecule has 1 rings (SSSR count). The van der Waals surface area contributed by atoms with Gasteiger partial charge in [-0.05, 0) is 19.9 Å². The van der Waals surface area contributed by atoms with Crippen molar-refractivity contribution in [2.75, 3.05) is 59.5 Å². The molecule has 0 aromatic carbocycles. The van der Waals surface area contributed by atoms with Crippen molar-refractivity contribution in [1.82, 2.24) is 15.1 Å². The summed E-state index contributed by atoms with van der Waals surface area (Å²) < 4.78 is 5.37. The topological polar surface area (TPSA) is 44.8 Å². The van der Waals surface area contributed by atoms with Crippen LogP contribution in [0.5, 0.6) is 0 Å². The van der Waals surface area contributed by atoms with Gasteiger partial charge in [0.2, 0.25) is 5.91 Å². The van der Waals surface area contributed by atoms with E-state index in [0.29, 0.717) is 6.42 Å². The molecule has 0 unspecified atom stereocenters. The van der Waals surface area contributed by atoms with Gasteiger partial charge >= 0.3 is 0 Å². The summed E-state index contributed by atoms with van der Waals surface area (Å²) in [5, 5.41) is 2.66. The highest BCUT2D eigenvalue weighted by Crippen LogP contribution is 2.03. The number of hydrogen-bond donors (Lipinski definition) is 1. The number of amides is 1. The van der Waals surface area contributed by atoms with Crippen molar-refractivity contribution < 1.29 is 9.53 Å². The molecule has 5 heteroatoms. The predicted molar refractivity (Wildman–Crippen MR) is 72.7 cm³/mol. The van der Waals surface area contributed by atoms with Gasteiger partial charge in [-0.3, -0.25) is 9.69 Å². The summed E-state index contributed by atoms with van der Waals surface area (Å²) in [5.41, 5.74) is 0. The second kappa shape index (κ2) is 9.30. The third-order valence-corrected chi connectivity index (χ3v) is 3.38. The summed E-state index contributed by atoms with van der Waals surface area (Å²) in [4.78, 5) is 16.0. The quantitative estimate of drug-likeness (QED) is 0.630. The molecule has 0 bridgehead atoms. The Morgan fingerprint density at radius 1 is 1.17 bits per heavy atom. The molecule has 0 aliphatic carbocycles. The predicted octanol–water partition coefficient (Wildman–Crippen LogP) is 0.167. The van der Waals surface area contributed by atoms with Crippen LogP contribution in [0.1, 0.15) is 19.8 Å². The highest BCUT2D eigenvalue weighted by atomic mass is 16.5. The minimum atomic E-state index is 0.144. The van der Waals surface area contributed by atoms with Gasteiger partial charge in [-0.1, -0.05) is 0 Å². The van der Waals surface area contributed by atoms with Gasteiger partial charge in [0.05, 0.1) is 6.61 Å². The number of rotatable bonds is 8. The lowest BCUT2D eigenvalue weighted by atomic mass is 10.2. The zero-order valence-electron chi connectivity index (χ0n) is 11.8. The SMILES string of the molecule is CCOCCN1CCN(CCCC(=O)NC)CC1. The van der Waals surface area contributed by atoms with Gasteiger partial charge in [0, 0.05) is 52.8 Å². The van der Waals surface area contributed by atoms with E-state index in [0.717, 1.165) is 58.9 Å². The summed E-state index contributed by atoms with van der Waals surface area (Å²) in [6, 6.07) is 0. The Labute approximate surface area is 110 Å². The fourth-order valence-corrected chi connectivity index (χ4v) is 2.16. The van der Waals surface area contributed by atoms with Gasteiger partial charge in [-0.2, -0.15) is 0 Å². The number of hydrogen-bond acceptors (Lipinski definition) is 4. The fourth-order valence-electron chi connectivity index (χ4n) is 2.16. The molecule has 1 amide bonds. The van der Waals surface area contributed by atoms with Crippen LogP contribution >= 0.6 is 0 Å². The smallest absolute Gasteiger partial charge is 0.219 e. The first-order chi connectivity index (χ1) is 8.76. The molecule has 1 heterocycles. The number of carbonyl (C=O) groups is 1. The minimum absolute atomic E-state index is 0.144. The van der Waals surface area contributed by atoms with Crippen LogP contribution in [0, 0.1) is 0 Å². The summed E-state index contributed by atoms with van der Waals surface area (Å²) in [6.07, 6.45) is 1.60. The van der Waals surface area contributed by atoms with Crippen molar-refractivity contribution in [3.05, 3.63) is 0 Å². The summed E-state index contributed by atoms with van der Waals surface area (Å²) >= 11 is 0. The van der Waals surface area contributed by atoms with Gasteiger partial charge in [0.15, 0.2) is 0 Å². The lowest BCUT2D eigenvalue weighted by Crippen LogP contribution is -2.47. The van der Waals surface area contributed by atoms with E-state index < -0.39 is 0 Å². The Morgan fingerprint density at radius 2 is 1.78 bits per heavy atom. The first-order valence-corrected chi connectivity index (χ1v) is 6.99. The van der Waals surface area contributed by atoms with Crippen LogP contribution in [0.4, 0.5) is 0 Å². The second-order valence-corrected chi connectivity index (χ2v) is 4.66. The Kier molecular flexibility index (Phi) is 7.96. The van der Waals surface area contributed by atoms with E-state index in [-0.39, 0.29) is 5.91 Å². The number of ether oxygens (including phenoxy) is 1. The molecule has 1 saturated heterocycles. The zero-order chi connectivity index (χ0) is 13.2. The van der Waals surface area contributed by atoms with Crippen LogP contribution in [0.25, 0.3) is 0 Å². The lowest BCUT2D eigenvalue weighted by Gasteiger charge is -2.34. The highest BCUT2D eigenvalue weighted by Gasteiger charge is 2.16. The molecule has 18 heavy (non-hydrogen) atoms. The van der Waals surface area contributed by atoms with Gasteiger partial charge in [-0.25, -0.2) is 0 Å². The average molecular weight is 257 g/mol. The maximum absolute atomic E-state index is 11.1. The van der Waals surface area contributed by atoms with Crippen molar-refractivity contribution in [3.8, 4) is 0 Å². The van der Waals surface area contributed by atoms with E-state index in [1.54, 1.807) is 7.05 Å². The third kappa shape index (κ3) is 6.33. The molecule has 0 aromatic heterocycles. The fraction of sp³-hybridized carbons (Fsp3) is 0.923. The van der Waals surface area contributed by atoms with Gasteiger partial charge in [0.25, 0.3) is 0 Å². The Morgan fingerprint density at radius 3 is 2.33 bits per heavy atom. The van der Waals surface area contributed by atoms with Crippen LogP contribution in [-0.2, 0) is 9.53 Å². The van der Waals surface area contributed by atoms with Gasteiger partial charge in [0.1, 0.15) is 0 Å². The third-order valence-electron chi connectivity index (χ3n) is 3.38. The zero-order valence-corrected chi connectivity index (χ0v) is 11.8. The van der Waals surface area contributed by atoms with Crippen molar-refractivity contribution in [2.45, 2.75) is 19.8 Å². The van der Waals surface area contributed by atoms with E-state index in [9.17, 15) is 4.79 Å². The Hall–Kier alpha value is -0.650. The molecule has 1 N–H and O–H groups in total. The van der Waals surface area contributed by atoms with Crippen LogP contribution in [0.15, 0.2) is 0 Å². The molecule has 5 nitrogen and oxygen atoms in total. The molecule has 0 aromatic rings.